The standard InChI is InChI=1S/C26H29N5O3S/c1-30-15-17-31(18-16-30)25-23(8-5-14-27-25)20-28-26(32)22-9-11-24(12-10-22)29-35(33,34)19-13-21-6-3-2-4-7-21/h2-14,19,29H,15-18,20H2,1H3,(H,28,32)/b19-13+. The number of nitrogens with one attached hydrogen (secondary N) is 2. The molecule has 0 bridgehead atoms. The molecular formula is C26H29N5O3S. The van der Waals surface area contributed by atoms with E-state index in [1.807, 2.05) is 42.5 Å². The van der Waals surface area contributed by atoms with Gasteiger partial charge in [-0.15, -0.1) is 0 Å². The molecule has 1 amide bonds. The van der Waals surface area contributed by atoms with Gasteiger partial charge in [0.2, 0.25) is 0 Å². The highest BCUT2D eigenvalue weighted by molar-refractivity contribution is 7.95. The number of aromatic nitrogens is 1. The Kier molecular flexibility index (Phi) is 7.79. The summed E-state index contributed by atoms with van der Waals surface area (Å²) in [6.45, 7) is 4.09. The number of piperazine rings is 1. The number of rotatable bonds is 8. The van der Waals surface area contributed by atoms with Gasteiger partial charge in [0.25, 0.3) is 15.9 Å². The predicted molar refractivity (Wildman–Crippen MR) is 140 cm³/mol. The van der Waals surface area contributed by atoms with Crippen LogP contribution in [0.15, 0.2) is 78.3 Å². The lowest BCUT2D eigenvalue weighted by molar-refractivity contribution is 0.0951. The predicted octanol–water partition coefficient (Wildman–Crippen LogP) is 3.18. The number of hydrogen-bond donors (Lipinski definition) is 2. The van der Waals surface area contributed by atoms with Crippen LogP contribution in [-0.2, 0) is 16.6 Å². The maximum Gasteiger partial charge on any atom is 0.255 e. The van der Waals surface area contributed by atoms with Gasteiger partial charge in [-0.05, 0) is 49.0 Å². The molecule has 1 aliphatic rings. The first kappa shape index (κ1) is 24.4. The van der Waals surface area contributed by atoms with Crippen LogP contribution in [0.3, 0.4) is 0 Å². The fraction of sp³-hybridized carbons (Fsp3) is 0.231. The smallest absolute Gasteiger partial charge is 0.255 e. The Balaban J connectivity index is 1.35. The zero-order chi connectivity index (χ0) is 24.7. The summed E-state index contributed by atoms with van der Waals surface area (Å²) in [5, 5.41) is 4.06. The third-order valence-corrected chi connectivity index (χ3v) is 6.77. The van der Waals surface area contributed by atoms with E-state index >= 15 is 0 Å². The molecule has 35 heavy (non-hydrogen) atoms. The molecule has 3 aromatic rings. The summed E-state index contributed by atoms with van der Waals surface area (Å²) < 4.78 is 27.2. The number of hydrogen-bond acceptors (Lipinski definition) is 6. The van der Waals surface area contributed by atoms with Gasteiger partial charge in [0, 0.05) is 55.7 Å². The van der Waals surface area contributed by atoms with Crippen molar-refractivity contribution in [2.24, 2.45) is 0 Å². The summed E-state index contributed by atoms with van der Waals surface area (Å²) in [4.78, 5) is 21.8. The highest BCUT2D eigenvalue weighted by atomic mass is 32.2. The van der Waals surface area contributed by atoms with Crippen molar-refractivity contribution >= 4 is 33.5 Å². The number of likely N-dealkylation sites (N-methyl/N-ethyl adjacent to an activating group) is 1. The summed E-state index contributed by atoms with van der Waals surface area (Å²) in [6.07, 6.45) is 3.30. The molecule has 1 aromatic heterocycles. The molecule has 8 nitrogen and oxygen atoms in total. The molecule has 0 spiro atoms. The average Bonchev–Trinajstić information content (AvgIpc) is 2.88. The summed E-state index contributed by atoms with van der Waals surface area (Å²) in [5.41, 5.74) is 2.57. The number of sulfonamides is 1. The fourth-order valence-electron chi connectivity index (χ4n) is 3.77. The first-order valence-corrected chi connectivity index (χ1v) is 13.0. The molecule has 1 saturated heterocycles. The minimum absolute atomic E-state index is 0.239. The Labute approximate surface area is 206 Å². The number of anilines is 2. The van der Waals surface area contributed by atoms with E-state index in [2.05, 4.69) is 31.9 Å². The molecule has 0 unspecified atom stereocenters. The van der Waals surface area contributed by atoms with Crippen LogP contribution in [-0.4, -0.2) is 57.4 Å². The molecule has 0 atom stereocenters. The van der Waals surface area contributed by atoms with Gasteiger partial charge in [-0.1, -0.05) is 36.4 Å². The van der Waals surface area contributed by atoms with Crippen LogP contribution >= 0.6 is 0 Å². The SMILES string of the molecule is CN1CCN(c2ncccc2CNC(=O)c2ccc(NS(=O)(=O)/C=C/c3ccccc3)cc2)CC1. The largest absolute Gasteiger partial charge is 0.354 e. The van der Waals surface area contributed by atoms with E-state index in [1.54, 1.807) is 30.5 Å². The van der Waals surface area contributed by atoms with Gasteiger partial charge in [0.15, 0.2) is 0 Å². The van der Waals surface area contributed by atoms with Gasteiger partial charge in [0.05, 0.1) is 5.41 Å². The summed E-state index contributed by atoms with van der Waals surface area (Å²) in [5.74, 6) is 0.658. The summed E-state index contributed by atoms with van der Waals surface area (Å²) in [6, 6.07) is 19.4. The molecule has 1 aliphatic heterocycles. The van der Waals surface area contributed by atoms with Crippen LogP contribution < -0.4 is 14.9 Å². The second kappa shape index (κ2) is 11.2. The number of amides is 1. The van der Waals surface area contributed by atoms with Gasteiger partial charge in [-0.25, -0.2) is 13.4 Å². The Morgan fingerprint density at radius 1 is 0.971 bits per heavy atom. The molecule has 0 saturated carbocycles. The molecule has 2 aromatic carbocycles. The van der Waals surface area contributed by atoms with E-state index in [-0.39, 0.29) is 5.91 Å². The summed E-state index contributed by atoms with van der Waals surface area (Å²) in [7, 11) is -1.57. The third-order valence-electron chi connectivity index (χ3n) is 5.76. The minimum Gasteiger partial charge on any atom is -0.354 e. The zero-order valence-electron chi connectivity index (χ0n) is 19.6. The Hall–Kier alpha value is -3.69. The molecule has 182 valence electrons. The lowest BCUT2D eigenvalue weighted by Crippen LogP contribution is -2.45. The lowest BCUT2D eigenvalue weighted by Gasteiger charge is -2.34. The van der Waals surface area contributed by atoms with E-state index < -0.39 is 10.0 Å². The summed E-state index contributed by atoms with van der Waals surface area (Å²) >= 11 is 0. The van der Waals surface area contributed by atoms with E-state index in [9.17, 15) is 13.2 Å². The maximum atomic E-state index is 12.7. The van der Waals surface area contributed by atoms with Crippen molar-refractivity contribution in [3.8, 4) is 0 Å². The van der Waals surface area contributed by atoms with Crippen molar-refractivity contribution in [3.63, 3.8) is 0 Å². The second-order valence-electron chi connectivity index (χ2n) is 8.40. The molecule has 4 rings (SSSR count). The van der Waals surface area contributed by atoms with Crippen molar-refractivity contribution in [3.05, 3.63) is 95.0 Å². The normalized spacial score (nSPS) is 14.7. The highest BCUT2D eigenvalue weighted by Gasteiger charge is 2.18. The minimum atomic E-state index is -3.68. The monoisotopic (exact) mass is 491 g/mol. The van der Waals surface area contributed by atoms with E-state index in [0.29, 0.717) is 17.8 Å². The van der Waals surface area contributed by atoms with Crippen LogP contribution in [0, 0.1) is 0 Å². The maximum absolute atomic E-state index is 12.7. The average molecular weight is 492 g/mol. The van der Waals surface area contributed by atoms with E-state index in [4.69, 9.17) is 0 Å². The topological polar surface area (TPSA) is 94.6 Å². The molecule has 0 radical (unpaired) electrons. The van der Waals surface area contributed by atoms with E-state index in [1.165, 1.54) is 6.08 Å². The molecule has 2 heterocycles. The number of benzene rings is 2. The molecule has 2 N–H and O–H groups in total. The molecule has 0 aliphatic carbocycles. The van der Waals surface area contributed by atoms with Crippen LogP contribution in [0.2, 0.25) is 0 Å². The Morgan fingerprint density at radius 3 is 2.40 bits per heavy atom. The van der Waals surface area contributed by atoms with Gasteiger partial charge in [-0.3, -0.25) is 9.52 Å². The van der Waals surface area contributed by atoms with Gasteiger partial charge >= 0.3 is 0 Å². The van der Waals surface area contributed by atoms with Crippen molar-refractivity contribution in [2.75, 3.05) is 42.8 Å². The van der Waals surface area contributed by atoms with Crippen LogP contribution in [0.25, 0.3) is 6.08 Å². The second-order valence-corrected chi connectivity index (χ2v) is 9.96. The number of carbonyl (C=O) groups excluding carboxylic acids is 1. The van der Waals surface area contributed by atoms with Gasteiger partial charge in [-0.2, -0.15) is 0 Å². The zero-order valence-corrected chi connectivity index (χ0v) is 20.4. The van der Waals surface area contributed by atoms with Crippen molar-refractivity contribution in [1.29, 1.82) is 0 Å². The molecular weight excluding hydrogens is 462 g/mol. The first-order valence-electron chi connectivity index (χ1n) is 11.4. The third kappa shape index (κ3) is 6.91. The fourth-order valence-corrected chi connectivity index (χ4v) is 4.64. The van der Waals surface area contributed by atoms with Crippen molar-refractivity contribution in [2.45, 2.75) is 6.54 Å². The Morgan fingerprint density at radius 2 is 1.69 bits per heavy atom. The number of carbonyl (C=O) groups is 1. The number of nitrogens with zero attached hydrogens (tertiary/aromatic N) is 3. The van der Waals surface area contributed by atoms with Crippen molar-refractivity contribution < 1.29 is 13.2 Å². The first-order chi connectivity index (χ1) is 16.9. The van der Waals surface area contributed by atoms with Gasteiger partial charge in [0.1, 0.15) is 5.82 Å². The molecule has 1 fully saturated rings. The van der Waals surface area contributed by atoms with Crippen LogP contribution in [0.1, 0.15) is 21.5 Å². The number of pyridine rings is 1. The highest BCUT2D eigenvalue weighted by Crippen LogP contribution is 2.19. The quantitative estimate of drug-likeness (QED) is 0.503. The Bertz CT molecular complexity index is 1270. The lowest BCUT2D eigenvalue weighted by atomic mass is 10.1. The van der Waals surface area contributed by atoms with Crippen LogP contribution in [0.5, 0.6) is 0 Å². The van der Waals surface area contributed by atoms with Crippen molar-refractivity contribution in [1.82, 2.24) is 15.2 Å². The van der Waals surface area contributed by atoms with Gasteiger partial charge < -0.3 is 15.1 Å². The molecule has 9 heteroatoms. The van der Waals surface area contributed by atoms with Crippen LogP contribution in [0.4, 0.5) is 11.5 Å². The van der Waals surface area contributed by atoms with E-state index in [0.717, 1.165) is 48.5 Å².